The molecule has 14 heavy (non-hydrogen) atoms. The third-order valence-electron chi connectivity index (χ3n) is 2.44. The molecule has 0 N–H and O–H groups in total. The van der Waals surface area contributed by atoms with Gasteiger partial charge in [0, 0.05) is 0 Å². The van der Waals surface area contributed by atoms with E-state index in [0.717, 1.165) is 16.7 Å². The van der Waals surface area contributed by atoms with Gasteiger partial charge in [0.25, 0.3) is 0 Å². The standard InChI is InChI=1S/C11H12O2S/c1-9-7-14(12,13)8-11(9)10-5-3-2-4-6-10/h2-6H,7-8H2,1H3. The summed E-state index contributed by atoms with van der Waals surface area (Å²) in [6.07, 6.45) is 0. The van der Waals surface area contributed by atoms with Crippen molar-refractivity contribution in [3.8, 4) is 0 Å². The second-order valence-electron chi connectivity index (χ2n) is 3.66. The maximum Gasteiger partial charge on any atom is 0.158 e. The Morgan fingerprint density at radius 2 is 1.71 bits per heavy atom. The molecule has 0 atom stereocenters. The molecule has 1 aromatic carbocycles. The smallest absolute Gasteiger partial charge is 0.158 e. The van der Waals surface area contributed by atoms with Crippen molar-refractivity contribution < 1.29 is 8.42 Å². The van der Waals surface area contributed by atoms with Crippen LogP contribution in [0.15, 0.2) is 35.9 Å². The third-order valence-corrected chi connectivity index (χ3v) is 4.04. The summed E-state index contributed by atoms with van der Waals surface area (Å²) in [5.41, 5.74) is 2.99. The van der Waals surface area contributed by atoms with Crippen LogP contribution in [0.1, 0.15) is 12.5 Å². The Balaban J connectivity index is 2.43. The zero-order chi connectivity index (χ0) is 10.2. The first-order valence-corrected chi connectivity index (χ1v) is 6.35. The first kappa shape index (κ1) is 9.46. The van der Waals surface area contributed by atoms with Gasteiger partial charge in [0.1, 0.15) is 0 Å². The summed E-state index contributed by atoms with van der Waals surface area (Å²) in [5.74, 6) is 0.417. The van der Waals surface area contributed by atoms with E-state index < -0.39 is 9.84 Å². The summed E-state index contributed by atoms with van der Waals surface area (Å²) in [5, 5.41) is 0. The van der Waals surface area contributed by atoms with Gasteiger partial charge in [-0.2, -0.15) is 0 Å². The molecule has 0 spiro atoms. The van der Waals surface area contributed by atoms with Crippen LogP contribution in [0.2, 0.25) is 0 Å². The molecule has 2 nitrogen and oxygen atoms in total. The Morgan fingerprint density at radius 3 is 2.21 bits per heavy atom. The second kappa shape index (κ2) is 3.24. The van der Waals surface area contributed by atoms with Crippen molar-refractivity contribution in [1.82, 2.24) is 0 Å². The fourth-order valence-electron chi connectivity index (χ4n) is 1.78. The molecule has 0 amide bonds. The molecule has 74 valence electrons. The van der Waals surface area contributed by atoms with Gasteiger partial charge in [-0.05, 0) is 18.1 Å². The van der Waals surface area contributed by atoms with Crippen LogP contribution in [-0.2, 0) is 9.84 Å². The summed E-state index contributed by atoms with van der Waals surface area (Å²) in [6.45, 7) is 1.90. The Hall–Kier alpha value is -1.09. The fourth-order valence-corrected chi connectivity index (χ4v) is 3.57. The molecule has 1 aliphatic heterocycles. The topological polar surface area (TPSA) is 34.1 Å². The summed E-state index contributed by atoms with van der Waals surface area (Å²) in [4.78, 5) is 0. The van der Waals surface area contributed by atoms with Crippen molar-refractivity contribution in [2.24, 2.45) is 0 Å². The maximum absolute atomic E-state index is 11.4. The fraction of sp³-hybridized carbons (Fsp3) is 0.273. The van der Waals surface area contributed by atoms with Crippen LogP contribution < -0.4 is 0 Å². The lowest BCUT2D eigenvalue weighted by Crippen LogP contribution is -2.02. The van der Waals surface area contributed by atoms with E-state index in [1.165, 1.54) is 0 Å². The highest BCUT2D eigenvalue weighted by Crippen LogP contribution is 2.27. The SMILES string of the molecule is CC1=C(c2ccccc2)CS(=O)(=O)C1. The molecule has 0 saturated heterocycles. The zero-order valence-electron chi connectivity index (χ0n) is 8.03. The van der Waals surface area contributed by atoms with E-state index in [2.05, 4.69) is 0 Å². The molecule has 0 aromatic heterocycles. The van der Waals surface area contributed by atoms with Gasteiger partial charge >= 0.3 is 0 Å². The molecule has 0 saturated carbocycles. The van der Waals surface area contributed by atoms with Crippen LogP contribution in [0.25, 0.3) is 5.57 Å². The van der Waals surface area contributed by atoms with Crippen LogP contribution in [0, 0.1) is 0 Å². The molecular weight excluding hydrogens is 196 g/mol. The predicted octanol–water partition coefficient (Wildman–Crippen LogP) is 1.89. The molecule has 0 radical (unpaired) electrons. The zero-order valence-corrected chi connectivity index (χ0v) is 8.84. The van der Waals surface area contributed by atoms with Gasteiger partial charge in [-0.15, -0.1) is 0 Å². The average Bonchev–Trinajstić information content (AvgIpc) is 2.41. The molecule has 3 heteroatoms. The summed E-state index contributed by atoms with van der Waals surface area (Å²) < 4.78 is 22.8. The normalized spacial score (nSPS) is 20.1. The Kier molecular flexibility index (Phi) is 2.19. The molecule has 0 aliphatic carbocycles. The van der Waals surface area contributed by atoms with Crippen molar-refractivity contribution in [1.29, 1.82) is 0 Å². The highest BCUT2D eigenvalue weighted by molar-refractivity contribution is 7.92. The number of sulfone groups is 1. The molecule has 0 fully saturated rings. The van der Waals surface area contributed by atoms with Gasteiger partial charge in [-0.1, -0.05) is 35.9 Å². The van der Waals surface area contributed by atoms with Crippen molar-refractivity contribution in [3.05, 3.63) is 41.5 Å². The van der Waals surface area contributed by atoms with Gasteiger partial charge in [-0.25, -0.2) is 8.42 Å². The van der Waals surface area contributed by atoms with Crippen molar-refractivity contribution in [2.45, 2.75) is 6.92 Å². The average molecular weight is 208 g/mol. The lowest BCUT2D eigenvalue weighted by Gasteiger charge is -2.01. The minimum absolute atomic E-state index is 0.197. The molecule has 1 aliphatic rings. The van der Waals surface area contributed by atoms with E-state index in [1.54, 1.807) is 0 Å². The summed E-state index contributed by atoms with van der Waals surface area (Å²) in [6, 6.07) is 9.71. The highest BCUT2D eigenvalue weighted by atomic mass is 32.2. The van der Waals surface area contributed by atoms with Crippen LogP contribution in [0.3, 0.4) is 0 Å². The Bertz CT molecular complexity index is 469. The largest absolute Gasteiger partial charge is 0.228 e. The van der Waals surface area contributed by atoms with E-state index in [1.807, 2.05) is 37.3 Å². The first-order chi connectivity index (χ1) is 6.58. The quantitative estimate of drug-likeness (QED) is 0.706. The van der Waals surface area contributed by atoms with E-state index in [-0.39, 0.29) is 11.5 Å². The van der Waals surface area contributed by atoms with Gasteiger partial charge < -0.3 is 0 Å². The lowest BCUT2D eigenvalue weighted by molar-refractivity contribution is 0.603. The van der Waals surface area contributed by atoms with E-state index in [4.69, 9.17) is 0 Å². The van der Waals surface area contributed by atoms with Crippen LogP contribution in [0.5, 0.6) is 0 Å². The van der Waals surface area contributed by atoms with Crippen molar-refractivity contribution >= 4 is 15.4 Å². The Labute approximate surface area is 84.2 Å². The van der Waals surface area contributed by atoms with Crippen molar-refractivity contribution in [2.75, 3.05) is 11.5 Å². The first-order valence-electron chi connectivity index (χ1n) is 4.53. The molecule has 1 aromatic rings. The lowest BCUT2D eigenvalue weighted by atomic mass is 10.0. The van der Waals surface area contributed by atoms with Gasteiger partial charge in [0.05, 0.1) is 11.5 Å². The molecule has 0 bridgehead atoms. The number of hydrogen-bond acceptors (Lipinski definition) is 2. The van der Waals surface area contributed by atoms with Crippen molar-refractivity contribution in [3.63, 3.8) is 0 Å². The Morgan fingerprint density at radius 1 is 1.07 bits per heavy atom. The predicted molar refractivity (Wildman–Crippen MR) is 57.7 cm³/mol. The van der Waals surface area contributed by atoms with E-state index >= 15 is 0 Å². The van der Waals surface area contributed by atoms with Crippen LogP contribution >= 0.6 is 0 Å². The molecule has 1 heterocycles. The minimum Gasteiger partial charge on any atom is -0.228 e. The van der Waals surface area contributed by atoms with Gasteiger partial charge in [0.15, 0.2) is 9.84 Å². The van der Waals surface area contributed by atoms with Gasteiger partial charge in [0.2, 0.25) is 0 Å². The van der Waals surface area contributed by atoms with E-state index in [0.29, 0.717) is 0 Å². The monoisotopic (exact) mass is 208 g/mol. The summed E-state index contributed by atoms with van der Waals surface area (Å²) >= 11 is 0. The van der Waals surface area contributed by atoms with Crippen LogP contribution in [0.4, 0.5) is 0 Å². The second-order valence-corrected chi connectivity index (χ2v) is 5.72. The molecule has 0 unspecified atom stereocenters. The number of rotatable bonds is 1. The summed E-state index contributed by atoms with van der Waals surface area (Å²) in [7, 11) is -2.87. The van der Waals surface area contributed by atoms with Gasteiger partial charge in [-0.3, -0.25) is 0 Å². The number of benzene rings is 1. The highest BCUT2D eigenvalue weighted by Gasteiger charge is 2.25. The van der Waals surface area contributed by atoms with Crippen LogP contribution in [-0.4, -0.2) is 19.9 Å². The molecule has 2 rings (SSSR count). The maximum atomic E-state index is 11.4. The van der Waals surface area contributed by atoms with E-state index in [9.17, 15) is 8.42 Å². The third kappa shape index (κ3) is 1.73. The minimum atomic E-state index is -2.87. The molecular formula is C11H12O2S. The number of hydrogen-bond donors (Lipinski definition) is 0.